The van der Waals surface area contributed by atoms with Crippen LogP contribution in [0.5, 0.6) is 0 Å². The Labute approximate surface area is 79.5 Å². The number of esters is 1. The van der Waals surface area contributed by atoms with Crippen LogP contribution in [0.15, 0.2) is 11.7 Å². The summed E-state index contributed by atoms with van der Waals surface area (Å²) in [6.07, 6.45) is -3.34. The van der Waals surface area contributed by atoms with Crippen molar-refractivity contribution >= 4 is 5.97 Å². The molecule has 0 heterocycles. The van der Waals surface area contributed by atoms with Crippen molar-refractivity contribution in [2.45, 2.75) is 20.1 Å². The molecule has 0 N–H and O–H groups in total. The zero-order chi connectivity index (χ0) is 11.1. The van der Waals surface area contributed by atoms with Crippen molar-refractivity contribution in [2.24, 2.45) is 0 Å². The first-order valence-corrected chi connectivity index (χ1v) is 3.95. The molecule has 0 aromatic heterocycles. The number of carbonyl (C=O) groups excluding carboxylic acids is 1. The fourth-order valence-corrected chi connectivity index (χ4v) is 0.673. The van der Waals surface area contributed by atoms with Crippen LogP contribution in [0.3, 0.4) is 0 Å². The number of alkyl halides is 1. The highest BCUT2D eigenvalue weighted by Crippen LogP contribution is 2.11. The lowest BCUT2D eigenvalue weighted by Crippen LogP contribution is -2.20. The van der Waals surface area contributed by atoms with Crippen LogP contribution < -0.4 is 0 Å². The van der Waals surface area contributed by atoms with Crippen LogP contribution in [0.25, 0.3) is 0 Å². The van der Waals surface area contributed by atoms with Crippen LogP contribution >= 0.6 is 0 Å². The second-order valence-corrected chi connectivity index (χ2v) is 2.30. The Morgan fingerprint density at radius 1 is 1.43 bits per heavy atom. The average molecular weight is 212 g/mol. The molecule has 0 aliphatic rings. The Kier molecular flexibility index (Phi) is 5.94. The van der Waals surface area contributed by atoms with E-state index < -0.39 is 30.6 Å². The SMILES string of the molecule is CCOC(C)OC(=O)C(CF)=C(F)F. The van der Waals surface area contributed by atoms with Crippen LogP contribution in [-0.2, 0) is 14.3 Å². The predicted molar refractivity (Wildman–Crippen MR) is 42.4 cm³/mol. The van der Waals surface area contributed by atoms with Crippen molar-refractivity contribution in [3.8, 4) is 0 Å². The minimum Gasteiger partial charge on any atom is -0.433 e. The topological polar surface area (TPSA) is 35.5 Å². The number of hydrogen-bond acceptors (Lipinski definition) is 3. The molecule has 0 aliphatic heterocycles. The molecule has 0 rings (SSSR count). The summed E-state index contributed by atoms with van der Waals surface area (Å²) < 4.78 is 44.8. The molecule has 6 heteroatoms. The normalized spacial score (nSPS) is 12.1. The van der Waals surface area contributed by atoms with E-state index >= 15 is 0 Å². The van der Waals surface area contributed by atoms with Crippen LogP contribution in [0.2, 0.25) is 0 Å². The van der Waals surface area contributed by atoms with E-state index in [0.717, 1.165) is 0 Å². The molecule has 0 aromatic rings. The molecule has 1 atom stereocenters. The van der Waals surface area contributed by atoms with Gasteiger partial charge < -0.3 is 9.47 Å². The molecule has 0 aliphatic carbocycles. The van der Waals surface area contributed by atoms with Gasteiger partial charge in [0.1, 0.15) is 12.2 Å². The van der Waals surface area contributed by atoms with E-state index in [1.165, 1.54) is 6.92 Å². The summed E-state index contributed by atoms with van der Waals surface area (Å²) in [7, 11) is 0. The molecule has 0 amide bonds. The van der Waals surface area contributed by atoms with E-state index in [1.54, 1.807) is 6.92 Å². The van der Waals surface area contributed by atoms with E-state index in [9.17, 15) is 18.0 Å². The zero-order valence-corrected chi connectivity index (χ0v) is 7.85. The van der Waals surface area contributed by atoms with E-state index in [2.05, 4.69) is 4.74 Å². The third kappa shape index (κ3) is 4.27. The third-order valence-corrected chi connectivity index (χ3v) is 1.28. The second-order valence-electron chi connectivity index (χ2n) is 2.30. The van der Waals surface area contributed by atoms with Gasteiger partial charge in [0.05, 0.1) is 0 Å². The summed E-state index contributed by atoms with van der Waals surface area (Å²) in [4.78, 5) is 10.8. The molecular formula is C8H11F3O3. The van der Waals surface area contributed by atoms with Crippen molar-refractivity contribution in [1.29, 1.82) is 0 Å². The van der Waals surface area contributed by atoms with Gasteiger partial charge in [-0.15, -0.1) is 0 Å². The number of rotatable bonds is 5. The van der Waals surface area contributed by atoms with E-state index in [1.807, 2.05) is 0 Å². The fraction of sp³-hybridized carbons (Fsp3) is 0.625. The number of halogens is 3. The Bertz CT molecular complexity index is 224. The summed E-state index contributed by atoms with van der Waals surface area (Å²) in [5, 5.41) is 0. The summed E-state index contributed by atoms with van der Waals surface area (Å²) in [6.45, 7) is 1.71. The molecule has 0 aromatic carbocycles. The van der Waals surface area contributed by atoms with Gasteiger partial charge in [0.2, 0.25) is 0 Å². The van der Waals surface area contributed by atoms with E-state index in [0.29, 0.717) is 0 Å². The van der Waals surface area contributed by atoms with Gasteiger partial charge >= 0.3 is 5.97 Å². The van der Waals surface area contributed by atoms with E-state index in [-0.39, 0.29) is 6.61 Å². The van der Waals surface area contributed by atoms with Gasteiger partial charge in [-0.05, 0) is 13.8 Å². The average Bonchev–Trinajstić information content (AvgIpc) is 2.04. The first-order valence-electron chi connectivity index (χ1n) is 3.95. The smallest absolute Gasteiger partial charge is 0.344 e. The molecule has 0 saturated carbocycles. The van der Waals surface area contributed by atoms with Gasteiger partial charge in [-0.3, -0.25) is 0 Å². The maximum Gasteiger partial charge on any atom is 0.344 e. The standard InChI is InChI=1S/C8H11F3O3/c1-3-13-5(2)14-8(12)6(4-9)7(10)11/h5H,3-4H2,1-2H3. The zero-order valence-electron chi connectivity index (χ0n) is 7.85. The molecule has 3 nitrogen and oxygen atoms in total. The Hall–Kier alpha value is -1.04. The summed E-state index contributed by atoms with van der Waals surface area (Å²) in [6, 6.07) is 0. The first kappa shape index (κ1) is 13.0. The molecule has 0 bridgehead atoms. The Morgan fingerprint density at radius 3 is 2.36 bits per heavy atom. The van der Waals surface area contributed by atoms with Gasteiger partial charge in [-0.1, -0.05) is 0 Å². The van der Waals surface area contributed by atoms with E-state index in [4.69, 9.17) is 4.74 Å². The fourth-order valence-electron chi connectivity index (χ4n) is 0.673. The maximum absolute atomic E-state index is 11.9. The number of hydrogen-bond donors (Lipinski definition) is 0. The van der Waals surface area contributed by atoms with Crippen LogP contribution in [0.1, 0.15) is 13.8 Å². The minimum atomic E-state index is -2.37. The molecule has 0 spiro atoms. The first-order chi connectivity index (χ1) is 6.52. The Balaban J connectivity index is 4.26. The van der Waals surface area contributed by atoms with Crippen LogP contribution in [0, 0.1) is 0 Å². The van der Waals surface area contributed by atoms with Crippen LogP contribution in [-0.4, -0.2) is 25.5 Å². The van der Waals surface area contributed by atoms with Gasteiger partial charge in [-0.2, -0.15) is 8.78 Å². The van der Waals surface area contributed by atoms with Gasteiger partial charge in [0, 0.05) is 6.61 Å². The van der Waals surface area contributed by atoms with Crippen molar-refractivity contribution in [3.05, 3.63) is 11.7 Å². The van der Waals surface area contributed by atoms with Gasteiger partial charge in [0.25, 0.3) is 6.08 Å². The molecule has 0 saturated heterocycles. The largest absolute Gasteiger partial charge is 0.433 e. The lowest BCUT2D eigenvalue weighted by atomic mass is 10.3. The van der Waals surface area contributed by atoms with Gasteiger partial charge in [0.15, 0.2) is 6.29 Å². The maximum atomic E-state index is 11.9. The van der Waals surface area contributed by atoms with Crippen molar-refractivity contribution in [2.75, 3.05) is 13.3 Å². The van der Waals surface area contributed by atoms with Crippen molar-refractivity contribution in [3.63, 3.8) is 0 Å². The molecule has 0 fully saturated rings. The monoisotopic (exact) mass is 212 g/mol. The highest BCUT2D eigenvalue weighted by atomic mass is 19.3. The summed E-state index contributed by atoms with van der Waals surface area (Å²) in [5.41, 5.74) is -1.27. The summed E-state index contributed by atoms with van der Waals surface area (Å²) >= 11 is 0. The third-order valence-electron chi connectivity index (χ3n) is 1.28. The molecule has 1 unspecified atom stereocenters. The minimum absolute atomic E-state index is 0.265. The number of carbonyl (C=O) groups is 1. The second kappa shape index (κ2) is 6.42. The predicted octanol–water partition coefficient (Wildman–Crippen LogP) is 2.03. The highest BCUT2D eigenvalue weighted by molar-refractivity contribution is 5.88. The van der Waals surface area contributed by atoms with Crippen LogP contribution in [0.4, 0.5) is 13.2 Å². The highest BCUT2D eigenvalue weighted by Gasteiger charge is 2.19. The lowest BCUT2D eigenvalue weighted by molar-refractivity contribution is -0.169. The van der Waals surface area contributed by atoms with Crippen molar-refractivity contribution < 1.29 is 27.4 Å². The molecule has 0 radical (unpaired) electrons. The quantitative estimate of drug-likeness (QED) is 0.397. The number of ether oxygens (including phenoxy) is 2. The molecule has 14 heavy (non-hydrogen) atoms. The summed E-state index contributed by atoms with van der Waals surface area (Å²) in [5.74, 6) is -1.39. The Morgan fingerprint density at radius 2 is 2.00 bits per heavy atom. The molecular weight excluding hydrogens is 201 g/mol. The van der Waals surface area contributed by atoms with Crippen molar-refractivity contribution in [1.82, 2.24) is 0 Å². The lowest BCUT2D eigenvalue weighted by Gasteiger charge is -2.12. The molecule has 82 valence electrons. The van der Waals surface area contributed by atoms with Gasteiger partial charge in [-0.25, -0.2) is 9.18 Å².